The fraction of sp³-hybridized carbons (Fsp3) is 0.296. The number of carboxylic acids is 1. The number of halogens is 3. The number of anilines is 1. The summed E-state index contributed by atoms with van der Waals surface area (Å²) in [4.78, 5) is 28.9. The Balaban J connectivity index is 1.44. The van der Waals surface area contributed by atoms with Crippen molar-refractivity contribution in [1.29, 1.82) is 0 Å². The van der Waals surface area contributed by atoms with Crippen molar-refractivity contribution in [1.82, 2.24) is 10.3 Å². The number of amides is 1. The van der Waals surface area contributed by atoms with Crippen LogP contribution in [0.3, 0.4) is 0 Å². The first-order valence-electron chi connectivity index (χ1n) is 11.9. The number of carbonyl (C=O) groups excluding carboxylic acids is 1. The minimum Gasteiger partial charge on any atom is -0.496 e. The molecule has 1 fully saturated rings. The summed E-state index contributed by atoms with van der Waals surface area (Å²) in [5.74, 6) is -1.38. The molecule has 0 spiro atoms. The molecule has 200 valence electrons. The highest BCUT2D eigenvalue weighted by atomic mass is 19.4. The Morgan fingerprint density at radius 2 is 1.87 bits per heavy atom. The molecule has 1 amide bonds. The number of ether oxygens (including phenoxy) is 2. The number of aromatic nitrogens is 1. The van der Waals surface area contributed by atoms with Crippen molar-refractivity contribution in [3.8, 4) is 22.6 Å². The van der Waals surface area contributed by atoms with Gasteiger partial charge in [-0.15, -0.1) is 13.2 Å². The van der Waals surface area contributed by atoms with E-state index in [1.807, 2.05) is 0 Å². The molecular formula is C27H26F3N3O5. The van der Waals surface area contributed by atoms with Crippen LogP contribution >= 0.6 is 0 Å². The molecule has 3 aromatic rings. The van der Waals surface area contributed by atoms with E-state index < -0.39 is 30.2 Å². The van der Waals surface area contributed by atoms with Crippen LogP contribution in [0, 0.1) is 5.92 Å². The average molecular weight is 530 g/mol. The molecule has 8 nitrogen and oxygen atoms in total. The summed E-state index contributed by atoms with van der Waals surface area (Å²) in [5, 5.41) is 15.3. The number of pyridine rings is 1. The molecule has 1 aliphatic carbocycles. The van der Waals surface area contributed by atoms with E-state index in [4.69, 9.17) is 4.74 Å². The molecule has 11 heteroatoms. The van der Waals surface area contributed by atoms with E-state index in [1.165, 1.54) is 25.3 Å². The van der Waals surface area contributed by atoms with Crippen molar-refractivity contribution in [2.24, 2.45) is 5.92 Å². The Kier molecular flexibility index (Phi) is 8.04. The summed E-state index contributed by atoms with van der Waals surface area (Å²) >= 11 is 0. The Morgan fingerprint density at radius 1 is 1.08 bits per heavy atom. The van der Waals surface area contributed by atoms with E-state index in [9.17, 15) is 27.9 Å². The first-order valence-corrected chi connectivity index (χ1v) is 11.9. The summed E-state index contributed by atoms with van der Waals surface area (Å²) in [6, 6.07) is 13.8. The van der Waals surface area contributed by atoms with Gasteiger partial charge >= 0.3 is 12.3 Å². The summed E-state index contributed by atoms with van der Waals surface area (Å²) < 4.78 is 46.6. The lowest BCUT2D eigenvalue weighted by atomic mass is 10.0. The zero-order valence-corrected chi connectivity index (χ0v) is 20.4. The molecule has 3 N–H and O–H groups in total. The van der Waals surface area contributed by atoms with Crippen LogP contribution in [0.25, 0.3) is 11.1 Å². The number of nitrogens with zero attached hydrogens (tertiary/aromatic N) is 1. The van der Waals surface area contributed by atoms with Gasteiger partial charge in [-0.1, -0.05) is 24.6 Å². The topological polar surface area (TPSA) is 110 Å². The van der Waals surface area contributed by atoms with Crippen molar-refractivity contribution in [3.05, 3.63) is 71.9 Å². The normalized spacial score (nSPS) is 17.1. The van der Waals surface area contributed by atoms with Gasteiger partial charge in [-0.25, -0.2) is 4.98 Å². The third-order valence-corrected chi connectivity index (χ3v) is 6.30. The lowest BCUT2D eigenvalue weighted by Crippen LogP contribution is -2.40. The van der Waals surface area contributed by atoms with Gasteiger partial charge in [0.15, 0.2) is 0 Å². The van der Waals surface area contributed by atoms with Crippen molar-refractivity contribution in [2.45, 2.75) is 38.2 Å². The molecule has 1 saturated carbocycles. The van der Waals surface area contributed by atoms with Gasteiger partial charge in [0.25, 0.3) is 5.91 Å². The van der Waals surface area contributed by atoms with Crippen LogP contribution in [0.4, 0.5) is 19.0 Å². The molecule has 0 aliphatic heterocycles. The third kappa shape index (κ3) is 6.72. The van der Waals surface area contributed by atoms with Crippen LogP contribution in [0.15, 0.2) is 60.8 Å². The highest BCUT2D eigenvalue weighted by molar-refractivity contribution is 5.98. The molecule has 2 aromatic carbocycles. The van der Waals surface area contributed by atoms with E-state index in [0.29, 0.717) is 35.5 Å². The molecule has 1 aliphatic rings. The van der Waals surface area contributed by atoms with E-state index >= 15 is 0 Å². The first kappa shape index (κ1) is 26.8. The monoisotopic (exact) mass is 529 g/mol. The lowest BCUT2D eigenvalue weighted by Gasteiger charge is -2.19. The van der Waals surface area contributed by atoms with Crippen molar-refractivity contribution >= 4 is 17.7 Å². The third-order valence-electron chi connectivity index (χ3n) is 6.30. The van der Waals surface area contributed by atoms with Crippen molar-refractivity contribution in [2.75, 3.05) is 12.4 Å². The molecule has 1 heterocycles. The van der Waals surface area contributed by atoms with Crippen LogP contribution in [0.1, 0.15) is 35.2 Å². The Hall–Kier alpha value is -4.28. The van der Waals surface area contributed by atoms with Gasteiger partial charge in [0, 0.05) is 24.3 Å². The largest absolute Gasteiger partial charge is 0.573 e. The minimum absolute atomic E-state index is 0.229. The molecule has 2 unspecified atom stereocenters. The first-order chi connectivity index (χ1) is 18.1. The number of carboxylic acid groups (broad SMARTS) is 1. The van der Waals surface area contributed by atoms with E-state index in [0.717, 1.165) is 12.0 Å². The Bertz CT molecular complexity index is 1300. The maximum Gasteiger partial charge on any atom is 0.573 e. The second kappa shape index (κ2) is 11.4. The van der Waals surface area contributed by atoms with Gasteiger partial charge in [0.2, 0.25) is 0 Å². The number of benzene rings is 2. The summed E-state index contributed by atoms with van der Waals surface area (Å²) in [5.41, 5.74) is 2.28. The molecule has 0 bridgehead atoms. The quantitative estimate of drug-likeness (QED) is 0.347. The summed E-state index contributed by atoms with van der Waals surface area (Å²) in [6.45, 7) is 0.229. The van der Waals surface area contributed by atoms with Crippen LogP contribution in [0.2, 0.25) is 0 Å². The van der Waals surface area contributed by atoms with Crippen molar-refractivity contribution in [3.63, 3.8) is 0 Å². The molecule has 4 rings (SSSR count). The molecule has 2 atom stereocenters. The van der Waals surface area contributed by atoms with Gasteiger partial charge in [-0.3, -0.25) is 9.59 Å². The number of hydrogen-bond acceptors (Lipinski definition) is 6. The van der Waals surface area contributed by atoms with E-state index in [1.54, 1.807) is 42.6 Å². The lowest BCUT2D eigenvalue weighted by molar-refractivity contribution is -0.274. The Labute approximate surface area is 216 Å². The van der Waals surface area contributed by atoms with E-state index in [-0.39, 0.29) is 17.9 Å². The van der Waals surface area contributed by atoms with Gasteiger partial charge in [-0.05, 0) is 60.4 Å². The maximum absolute atomic E-state index is 13.0. The van der Waals surface area contributed by atoms with Gasteiger partial charge < -0.3 is 25.2 Å². The molecule has 1 aromatic heterocycles. The van der Waals surface area contributed by atoms with Crippen LogP contribution in [-0.2, 0) is 11.3 Å². The van der Waals surface area contributed by atoms with Gasteiger partial charge in [0.05, 0.1) is 18.6 Å². The molecule has 0 saturated heterocycles. The maximum atomic E-state index is 13.0. The van der Waals surface area contributed by atoms with Gasteiger partial charge in [0.1, 0.15) is 17.3 Å². The number of alkyl halides is 3. The highest BCUT2D eigenvalue weighted by Gasteiger charge is 2.34. The van der Waals surface area contributed by atoms with Gasteiger partial charge in [-0.2, -0.15) is 0 Å². The van der Waals surface area contributed by atoms with Crippen LogP contribution in [-0.4, -0.2) is 41.5 Å². The Morgan fingerprint density at radius 3 is 2.55 bits per heavy atom. The van der Waals surface area contributed by atoms with Crippen molar-refractivity contribution < 1.29 is 37.3 Å². The number of methoxy groups -OCH3 is 1. The fourth-order valence-electron chi connectivity index (χ4n) is 4.45. The number of carbonyl (C=O) groups is 2. The van der Waals surface area contributed by atoms with E-state index in [2.05, 4.69) is 20.4 Å². The minimum atomic E-state index is -4.76. The number of rotatable bonds is 9. The average Bonchev–Trinajstić information content (AvgIpc) is 3.35. The number of aliphatic carboxylic acids is 1. The van der Waals surface area contributed by atoms with Crippen LogP contribution in [0.5, 0.6) is 11.5 Å². The number of nitrogens with one attached hydrogen (secondary N) is 2. The number of hydrogen-bond donors (Lipinski definition) is 3. The second-order valence-electron chi connectivity index (χ2n) is 8.85. The second-order valence-corrected chi connectivity index (χ2v) is 8.85. The fourth-order valence-corrected chi connectivity index (χ4v) is 4.45. The predicted octanol–water partition coefficient (Wildman–Crippen LogP) is 5.25. The standard InChI is InChI=1S/C27H26F3N3O5/c1-37-23-10-8-17(13-21(23)25(34)33-22-7-3-6-20(22)26(35)36)18-9-11-24(32-15-18)31-14-16-4-2-5-19(12-16)38-27(28,29)30/h2,4-5,8-13,15,20,22H,3,6-7,14H2,1H3,(H,31,32)(H,33,34)(H,35,36). The molecule has 0 radical (unpaired) electrons. The predicted molar refractivity (Wildman–Crippen MR) is 133 cm³/mol. The van der Waals surface area contributed by atoms with Crippen LogP contribution < -0.4 is 20.1 Å². The summed E-state index contributed by atoms with van der Waals surface area (Å²) in [7, 11) is 1.45. The SMILES string of the molecule is COc1ccc(-c2ccc(NCc3cccc(OC(F)(F)F)c3)nc2)cc1C(=O)NC1CCCC1C(=O)O. The zero-order chi connectivity index (χ0) is 27.3. The zero-order valence-electron chi connectivity index (χ0n) is 20.4. The smallest absolute Gasteiger partial charge is 0.496 e. The summed E-state index contributed by atoms with van der Waals surface area (Å²) in [6.07, 6.45) is -1.30. The molecule has 38 heavy (non-hydrogen) atoms. The molecular weight excluding hydrogens is 503 g/mol. The highest BCUT2D eigenvalue weighted by Crippen LogP contribution is 2.30.